The number of imidazole rings is 1. The summed E-state index contributed by atoms with van der Waals surface area (Å²) < 4.78 is -1.44. The molecule has 0 amide bonds. The van der Waals surface area contributed by atoms with E-state index in [4.69, 9.17) is 51.4 Å². The molecule has 1 fully saturated rings. The van der Waals surface area contributed by atoms with E-state index in [0.717, 1.165) is 27.4 Å². The van der Waals surface area contributed by atoms with E-state index in [2.05, 4.69) is 64.9 Å². The van der Waals surface area contributed by atoms with Crippen LogP contribution < -0.4 is 10.2 Å². The summed E-state index contributed by atoms with van der Waals surface area (Å²) in [6, 6.07) is 7.92. The van der Waals surface area contributed by atoms with Gasteiger partial charge in [-0.05, 0) is 47.1 Å². The van der Waals surface area contributed by atoms with Crippen LogP contribution in [0.25, 0.3) is 11.0 Å². The van der Waals surface area contributed by atoms with E-state index in [-0.39, 0.29) is 30.2 Å². The molecule has 2 aliphatic heterocycles. The summed E-state index contributed by atoms with van der Waals surface area (Å²) in [5.41, 5.74) is 5.33. The molecule has 0 aliphatic carbocycles. The zero-order valence-electron chi connectivity index (χ0n) is 22.7. The lowest BCUT2D eigenvalue weighted by atomic mass is 9.85. The Morgan fingerprint density at radius 2 is 1.95 bits per heavy atom. The SMILES string of the molecule is CC(C)c1ccc(CC2=C3C(NCN3CC(Cl)(Cl)Cl)C(C(C)C)N(c3nc4c(C(=O)O)nccc4[nH]3)C2)cc1Cl. The molecule has 5 rings (SSSR count). The van der Waals surface area contributed by atoms with Gasteiger partial charge in [0.25, 0.3) is 0 Å². The van der Waals surface area contributed by atoms with Crippen LogP contribution in [0.3, 0.4) is 0 Å². The fraction of sp³-hybridized carbons (Fsp3) is 0.464. The first-order valence-electron chi connectivity index (χ1n) is 13.2. The standard InChI is InChI=1S/C28H32Cl4N6O2/c1-14(2)18-6-5-16(10-19(18)29)9-17-11-38(27-35-20-7-8-33-22(26(39)40)21(20)36-27)24(15(3)4)23-25(17)37(13-34-23)12-28(30,31)32/h5-8,10,14-15,23-24,34H,9,11-13H2,1-4H3,(H,35,36)(H,39,40). The molecule has 0 bridgehead atoms. The fourth-order valence-electron chi connectivity index (χ4n) is 5.96. The van der Waals surface area contributed by atoms with E-state index in [0.29, 0.717) is 42.5 Å². The van der Waals surface area contributed by atoms with Gasteiger partial charge in [0, 0.05) is 23.5 Å². The summed E-state index contributed by atoms with van der Waals surface area (Å²) in [5, 5.41) is 14.1. The van der Waals surface area contributed by atoms with Crippen molar-refractivity contribution in [2.75, 3.05) is 24.7 Å². The zero-order chi connectivity index (χ0) is 28.9. The van der Waals surface area contributed by atoms with Gasteiger partial charge in [-0.25, -0.2) is 14.8 Å². The van der Waals surface area contributed by atoms with Crippen LogP contribution in [0.5, 0.6) is 0 Å². The second-order valence-corrected chi connectivity index (χ2v) is 14.0. The molecule has 0 spiro atoms. The van der Waals surface area contributed by atoms with Gasteiger partial charge in [-0.3, -0.25) is 5.32 Å². The number of anilines is 1. The van der Waals surface area contributed by atoms with E-state index in [1.165, 1.54) is 6.20 Å². The third kappa shape index (κ3) is 5.74. The van der Waals surface area contributed by atoms with Gasteiger partial charge < -0.3 is 19.9 Å². The Labute approximate surface area is 253 Å². The van der Waals surface area contributed by atoms with Gasteiger partial charge in [0.05, 0.1) is 30.8 Å². The Balaban J connectivity index is 1.61. The quantitative estimate of drug-likeness (QED) is 0.262. The summed E-state index contributed by atoms with van der Waals surface area (Å²) in [4.78, 5) is 28.3. The Hall–Kier alpha value is -2.23. The minimum atomic E-state index is -1.44. The van der Waals surface area contributed by atoms with E-state index in [9.17, 15) is 9.90 Å². The molecule has 1 aromatic carbocycles. The van der Waals surface area contributed by atoms with E-state index >= 15 is 0 Å². The molecule has 2 aliphatic rings. The van der Waals surface area contributed by atoms with Crippen molar-refractivity contribution in [1.29, 1.82) is 0 Å². The maximum absolute atomic E-state index is 11.8. The first kappa shape index (κ1) is 29.3. The third-order valence-electron chi connectivity index (χ3n) is 7.58. The number of aromatic nitrogens is 3. The average Bonchev–Trinajstić information content (AvgIpc) is 3.46. The molecule has 214 valence electrons. The van der Waals surface area contributed by atoms with E-state index < -0.39 is 9.76 Å². The number of H-pyrrole nitrogens is 1. The molecule has 2 aromatic heterocycles. The molecular weight excluding hydrogens is 594 g/mol. The molecule has 4 heterocycles. The highest BCUT2D eigenvalue weighted by Gasteiger charge is 2.46. The third-order valence-corrected chi connectivity index (χ3v) is 8.27. The van der Waals surface area contributed by atoms with Crippen molar-refractivity contribution in [2.45, 2.75) is 55.9 Å². The van der Waals surface area contributed by atoms with Gasteiger partial charge in [-0.1, -0.05) is 86.2 Å². The number of aromatic amines is 1. The van der Waals surface area contributed by atoms with Crippen LogP contribution in [-0.2, 0) is 6.42 Å². The van der Waals surface area contributed by atoms with Crippen molar-refractivity contribution in [3.05, 3.63) is 63.6 Å². The average molecular weight is 626 g/mol. The van der Waals surface area contributed by atoms with Crippen LogP contribution in [0.2, 0.25) is 5.02 Å². The second kappa shape index (κ2) is 11.2. The van der Waals surface area contributed by atoms with Gasteiger partial charge in [0.15, 0.2) is 5.69 Å². The summed E-state index contributed by atoms with van der Waals surface area (Å²) in [6.07, 6.45) is 2.12. The lowest BCUT2D eigenvalue weighted by Gasteiger charge is -2.44. The Bertz CT molecular complexity index is 1460. The number of hydrogen-bond acceptors (Lipinski definition) is 6. The maximum atomic E-state index is 11.8. The topological polar surface area (TPSA) is 97.4 Å². The van der Waals surface area contributed by atoms with E-state index in [1.54, 1.807) is 6.07 Å². The number of aromatic carboxylic acids is 1. The highest BCUT2D eigenvalue weighted by Crippen LogP contribution is 2.40. The molecule has 3 aromatic rings. The molecular formula is C28H32Cl4N6O2. The summed E-state index contributed by atoms with van der Waals surface area (Å²) in [5.74, 6) is 0.0106. The highest BCUT2D eigenvalue weighted by molar-refractivity contribution is 6.67. The monoisotopic (exact) mass is 624 g/mol. The van der Waals surface area contributed by atoms with Crippen LogP contribution in [0.15, 0.2) is 41.7 Å². The first-order chi connectivity index (χ1) is 18.8. The van der Waals surface area contributed by atoms with Crippen molar-refractivity contribution in [1.82, 2.24) is 25.2 Å². The number of rotatable bonds is 7. The predicted molar refractivity (Wildman–Crippen MR) is 162 cm³/mol. The van der Waals surface area contributed by atoms with Crippen molar-refractivity contribution in [3.8, 4) is 0 Å². The number of carboxylic acids is 1. The minimum Gasteiger partial charge on any atom is -0.476 e. The Kier molecular flexibility index (Phi) is 8.21. The normalized spacial score (nSPS) is 19.9. The molecule has 8 nitrogen and oxygen atoms in total. The van der Waals surface area contributed by atoms with Crippen LogP contribution in [0.4, 0.5) is 5.95 Å². The number of carboxylic acid groups (broad SMARTS) is 1. The summed E-state index contributed by atoms with van der Waals surface area (Å²) >= 11 is 25.5. The van der Waals surface area contributed by atoms with Crippen molar-refractivity contribution in [2.24, 2.45) is 5.92 Å². The predicted octanol–water partition coefficient (Wildman–Crippen LogP) is 6.38. The molecule has 0 saturated carbocycles. The van der Waals surface area contributed by atoms with Gasteiger partial charge in [-0.2, -0.15) is 0 Å². The Morgan fingerprint density at radius 3 is 2.58 bits per heavy atom. The first-order valence-corrected chi connectivity index (χ1v) is 14.7. The number of alkyl halides is 3. The number of nitrogens with one attached hydrogen (secondary N) is 2. The van der Waals surface area contributed by atoms with Crippen molar-refractivity contribution in [3.63, 3.8) is 0 Å². The number of carbonyl (C=O) groups is 1. The fourth-order valence-corrected chi connectivity index (χ4v) is 6.81. The number of hydrogen-bond donors (Lipinski definition) is 3. The van der Waals surface area contributed by atoms with Gasteiger partial charge in [0.1, 0.15) is 5.52 Å². The Morgan fingerprint density at radius 1 is 1.20 bits per heavy atom. The van der Waals surface area contributed by atoms with Gasteiger partial charge in [-0.15, -0.1) is 0 Å². The van der Waals surface area contributed by atoms with Crippen LogP contribution >= 0.6 is 46.4 Å². The van der Waals surface area contributed by atoms with Gasteiger partial charge in [0.2, 0.25) is 9.74 Å². The summed E-state index contributed by atoms with van der Waals surface area (Å²) in [7, 11) is 0. The largest absolute Gasteiger partial charge is 0.476 e. The molecule has 40 heavy (non-hydrogen) atoms. The van der Waals surface area contributed by atoms with Crippen molar-refractivity contribution < 1.29 is 9.90 Å². The molecule has 2 unspecified atom stereocenters. The molecule has 12 heteroatoms. The van der Waals surface area contributed by atoms with Crippen LogP contribution in [0, 0.1) is 5.92 Å². The molecule has 2 atom stereocenters. The maximum Gasteiger partial charge on any atom is 0.356 e. The van der Waals surface area contributed by atoms with E-state index in [1.807, 2.05) is 6.07 Å². The van der Waals surface area contributed by atoms with Crippen molar-refractivity contribution >= 4 is 69.4 Å². The number of fused-ring (bicyclic) bond motifs is 2. The number of halogens is 4. The van der Waals surface area contributed by atoms with Crippen LogP contribution in [0.1, 0.15) is 55.2 Å². The van der Waals surface area contributed by atoms with Crippen LogP contribution in [-0.4, -0.2) is 66.6 Å². The second-order valence-electron chi connectivity index (χ2n) is 11.1. The lowest BCUT2D eigenvalue weighted by molar-refractivity contribution is 0.0692. The lowest BCUT2D eigenvalue weighted by Crippen LogP contribution is -2.56. The van der Waals surface area contributed by atoms with Gasteiger partial charge >= 0.3 is 5.97 Å². The number of pyridine rings is 1. The molecule has 0 radical (unpaired) electrons. The minimum absolute atomic E-state index is 0.00664. The zero-order valence-corrected chi connectivity index (χ0v) is 25.7. The number of nitrogens with zero attached hydrogens (tertiary/aromatic N) is 4. The highest BCUT2D eigenvalue weighted by atomic mass is 35.6. The smallest absolute Gasteiger partial charge is 0.356 e. The molecule has 3 N–H and O–H groups in total. The molecule has 1 saturated heterocycles. The summed E-state index contributed by atoms with van der Waals surface area (Å²) in [6.45, 7) is 9.90. The number of benzene rings is 1.